The smallest absolute Gasteiger partial charge is 0.341 e. The number of fused-ring (bicyclic) bond motifs is 1. The predicted molar refractivity (Wildman–Crippen MR) is 122 cm³/mol. The van der Waals surface area contributed by atoms with Gasteiger partial charge in [0.15, 0.2) is 5.65 Å². The average molecular weight is 456 g/mol. The number of aromatic carboxylic acids is 1. The number of aromatic nitrogens is 4. The summed E-state index contributed by atoms with van der Waals surface area (Å²) in [7, 11) is 0. The summed E-state index contributed by atoms with van der Waals surface area (Å²) in [5, 5.41) is 10.2. The third-order valence-corrected chi connectivity index (χ3v) is 6.46. The largest absolute Gasteiger partial charge is 0.477 e. The van der Waals surface area contributed by atoms with Crippen LogP contribution in [0.15, 0.2) is 23.4 Å². The van der Waals surface area contributed by atoms with Crippen molar-refractivity contribution in [2.24, 2.45) is 11.8 Å². The Morgan fingerprint density at radius 1 is 1.31 bits per heavy atom. The number of carboxylic acid groups (broad SMARTS) is 1. The number of aryl methyl sites for hydroxylation is 1. The van der Waals surface area contributed by atoms with Crippen LogP contribution < -0.4 is 10.3 Å². The first kappa shape index (κ1) is 22.1. The highest BCUT2D eigenvalue weighted by atomic mass is 32.1. The molecule has 0 saturated carbocycles. The van der Waals surface area contributed by atoms with E-state index in [1.54, 1.807) is 13.0 Å². The molecule has 1 fully saturated rings. The molecule has 0 radical (unpaired) electrons. The van der Waals surface area contributed by atoms with E-state index in [2.05, 4.69) is 28.2 Å². The number of nitrogens with zero attached hydrogens (tertiary/aromatic N) is 5. The Balaban J connectivity index is 1.65. The molecule has 1 aliphatic rings. The Morgan fingerprint density at radius 3 is 2.69 bits per heavy atom. The molecule has 3 aromatic rings. The maximum atomic E-state index is 12.8. The lowest BCUT2D eigenvalue weighted by Gasteiger charge is -2.39. The summed E-state index contributed by atoms with van der Waals surface area (Å²) in [5.74, 6) is 0.232. The highest BCUT2D eigenvalue weighted by Crippen LogP contribution is 2.29. The lowest BCUT2D eigenvalue weighted by atomic mass is 9.91. The number of ketones is 1. The van der Waals surface area contributed by atoms with Crippen LogP contribution in [0.1, 0.15) is 49.0 Å². The van der Waals surface area contributed by atoms with Gasteiger partial charge in [-0.1, -0.05) is 20.3 Å². The summed E-state index contributed by atoms with van der Waals surface area (Å²) in [6.45, 7) is 7.26. The van der Waals surface area contributed by atoms with Crippen LogP contribution in [-0.2, 0) is 4.79 Å². The summed E-state index contributed by atoms with van der Waals surface area (Å²) in [6.07, 6.45) is 5.19. The molecule has 4 rings (SSSR count). The van der Waals surface area contributed by atoms with E-state index in [9.17, 15) is 19.5 Å². The average Bonchev–Trinajstić information content (AvgIpc) is 3.20. The molecular formula is C22H25N5O4S. The van der Waals surface area contributed by atoms with Crippen LogP contribution in [0.2, 0.25) is 0 Å². The first-order valence-corrected chi connectivity index (χ1v) is 11.4. The molecule has 1 aliphatic heterocycles. The van der Waals surface area contributed by atoms with Crippen molar-refractivity contribution in [3.05, 3.63) is 39.9 Å². The number of carbonyl (C=O) groups excluding carboxylic acids is 1. The van der Waals surface area contributed by atoms with E-state index in [1.807, 2.05) is 4.90 Å². The second-order valence-corrected chi connectivity index (χ2v) is 9.38. The van der Waals surface area contributed by atoms with Gasteiger partial charge in [0.2, 0.25) is 10.6 Å². The van der Waals surface area contributed by atoms with Crippen molar-refractivity contribution in [2.75, 3.05) is 18.0 Å². The molecule has 1 saturated heterocycles. The number of rotatable bonds is 8. The standard InChI is InChI=1S/C22H25N5O4S/c1-12(2)5-4-6-16(28)14-8-26(9-14)17-7-13(3)18-19(29)15(21(30)31)10-27(20(18)25-17)22-23-11-24-32-22/h7,10-12,14H,4-6,8-9H2,1-3H3,(H,30,31). The van der Waals surface area contributed by atoms with Crippen molar-refractivity contribution in [1.29, 1.82) is 0 Å². The van der Waals surface area contributed by atoms with Gasteiger partial charge in [-0.3, -0.25) is 14.2 Å². The van der Waals surface area contributed by atoms with Crippen LogP contribution in [0.25, 0.3) is 16.2 Å². The van der Waals surface area contributed by atoms with Gasteiger partial charge in [0.25, 0.3) is 0 Å². The van der Waals surface area contributed by atoms with E-state index >= 15 is 0 Å². The fraction of sp³-hybridized carbons (Fsp3) is 0.455. The number of pyridine rings is 2. The highest BCUT2D eigenvalue weighted by molar-refractivity contribution is 7.08. The molecule has 0 bridgehead atoms. The zero-order chi connectivity index (χ0) is 23.0. The number of hydrogen-bond donors (Lipinski definition) is 1. The zero-order valence-electron chi connectivity index (χ0n) is 18.2. The van der Waals surface area contributed by atoms with Crippen molar-refractivity contribution >= 4 is 40.1 Å². The van der Waals surface area contributed by atoms with E-state index in [4.69, 9.17) is 0 Å². The minimum absolute atomic E-state index is 0.000271. The van der Waals surface area contributed by atoms with E-state index in [0.29, 0.717) is 47.6 Å². The summed E-state index contributed by atoms with van der Waals surface area (Å²) in [4.78, 5) is 47.8. The van der Waals surface area contributed by atoms with Gasteiger partial charge in [-0.25, -0.2) is 14.8 Å². The summed E-state index contributed by atoms with van der Waals surface area (Å²) >= 11 is 1.08. The Morgan fingerprint density at radius 2 is 2.06 bits per heavy atom. The molecule has 1 N–H and O–H groups in total. The van der Waals surface area contributed by atoms with E-state index in [1.165, 1.54) is 17.1 Å². The summed E-state index contributed by atoms with van der Waals surface area (Å²) in [5.41, 5.74) is 0.0366. The zero-order valence-corrected chi connectivity index (χ0v) is 19.1. The third kappa shape index (κ3) is 4.14. The van der Waals surface area contributed by atoms with Crippen molar-refractivity contribution in [2.45, 2.75) is 40.0 Å². The van der Waals surface area contributed by atoms with Crippen LogP contribution >= 0.6 is 11.5 Å². The monoisotopic (exact) mass is 455 g/mol. The van der Waals surface area contributed by atoms with Crippen LogP contribution in [0.5, 0.6) is 0 Å². The molecule has 0 atom stereocenters. The van der Waals surface area contributed by atoms with E-state index in [0.717, 1.165) is 24.4 Å². The molecule has 168 valence electrons. The van der Waals surface area contributed by atoms with Crippen molar-refractivity contribution in [1.82, 2.24) is 18.9 Å². The Hall–Kier alpha value is -3.14. The van der Waals surface area contributed by atoms with Gasteiger partial charge in [-0.15, -0.1) is 0 Å². The minimum atomic E-state index is -1.31. The molecule has 9 nitrogen and oxygen atoms in total. The number of hydrogen-bond acceptors (Lipinski definition) is 8. The topological polar surface area (TPSA) is 118 Å². The lowest BCUT2D eigenvalue weighted by molar-refractivity contribution is -0.123. The maximum absolute atomic E-state index is 12.8. The van der Waals surface area contributed by atoms with Gasteiger partial charge >= 0.3 is 5.97 Å². The molecule has 3 aromatic heterocycles. The molecule has 0 aliphatic carbocycles. The van der Waals surface area contributed by atoms with Crippen LogP contribution in [0.4, 0.5) is 5.82 Å². The second-order valence-electron chi connectivity index (χ2n) is 8.62. The number of carbonyl (C=O) groups is 2. The first-order chi connectivity index (χ1) is 15.3. The Bertz CT molecular complexity index is 1230. The minimum Gasteiger partial charge on any atom is -0.477 e. The molecule has 0 aromatic carbocycles. The Labute approximate surface area is 188 Å². The van der Waals surface area contributed by atoms with Crippen molar-refractivity contribution < 1.29 is 14.7 Å². The molecule has 32 heavy (non-hydrogen) atoms. The van der Waals surface area contributed by atoms with Crippen LogP contribution in [0, 0.1) is 18.8 Å². The van der Waals surface area contributed by atoms with Gasteiger partial charge in [-0.05, 0) is 30.9 Å². The summed E-state index contributed by atoms with van der Waals surface area (Å²) < 4.78 is 5.49. The molecular weight excluding hydrogens is 430 g/mol. The van der Waals surface area contributed by atoms with Crippen LogP contribution in [0.3, 0.4) is 0 Å². The van der Waals surface area contributed by atoms with Gasteiger partial charge in [-0.2, -0.15) is 4.37 Å². The normalized spacial score (nSPS) is 14.2. The van der Waals surface area contributed by atoms with Crippen molar-refractivity contribution in [3.63, 3.8) is 0 Å². The fourth-order valence-corrected chi connectivity index (χ4v) is 4.48. The highest BCUT2D eigenvalue weighted by Gasteiger charge is 2.33. The second kappa shape index (κ2) is 8.78. The molecule has 4 heterocycles. The first-order valence-electron chi connectivity index (χ1n) is 10.6. The van der Waals surface area contributed by atoms with Crippen molar-refractivity contribution in [3.8, 4) is 5.13 Å². The third-order valence-electron chi connectivity index (χ3n) is 5.79. The van der Waals surface area contributed by atoms with Gasteiger partial charge in [0.1, 0.15) is 23.5 Å². The van der Waals surface area contributed by atoms with Gasteiger partial charge < -0.3 is 10.0 Å². The maximum Gasteiger partial charge on any atom is 0.341 e. The van der Waals surface area contributed by atoms with E-state index < -0.39 is 11.4 Å². The fourth-order valence-electron chi connectivity index (χ4n) is 3.97. The quantitative estimate of drug-likeness (QED) is 0.550. The Kier molecular flexibility index (Phi) is 6.05. The number of anilines is 1. The SMILES string of the molecule is Cc1cc(N2CC(C(=O)CCCC(C)C)C2)nc2c1c(=O)c(C(=O)O)cn2-c1ncns1. The molecule has 0 amide bonds. The molecule has 0 spiro atoms. The lowest BCUT2D eigenvalue weighted by Crippen LogP contribution is -2.50. The molecule has 10 heteroatoms. The van der Waals surface area contributed by atoms with Crippen LogP contribution in [-0.4, -0.2) is 48.9 Å². The van der Waals surface area contributed by atoms with Gasteiger partial charge in [0.05, 0.1) is 11.3 Å². The van der Waals surface area contributed by atoms with Gasteiger partial charge in [0, 0.05) is 37.2 Å². The van der Waals surface area contributed by atoms with E-state index in [-0.39, 0.29) is 22.7 Å². The number of Topliss-reactive ketones (excluding diaryl/α,β-unsaturated/α-hetero) is 1. The number of carboxylic acids is 1. The summed E-state index contributed by atoms with van der Waals surface area (Å²) in [6, 6.07) is 1.78. The molecule has 0 unspecified atom stereocenters. The predicted octanol–water partition coefficient (Wildman–Crippen LogP) is 3.08.